The molecule has 0 spiro atoms. The number of aromatic nitrogens is 2. The van der Waals surface area contributed by atoms with E-state index >= 15 is 0 Å². The first-order valence-electron chi connectivity index (χ1n) is 15.4. The van der Waals surface area contributed by atoms with Gasteiger partial charge in [0.25, 0.3) is 6.01 Å². The summed E-state index contributed by atoms with van der Waals surface area (Å²) in [6.45, 7) is 16.5. The first kappa shape index (κ1) is 34.9. The van der Waals surface area contributed by atoms with Crippen LogP contribution in [0.2, 0.25) is 0 Å². The molecular formula is C35H47N3O5S. The van der Waals surface area contributed by atoms with Crippen LogP contribution in [-0.4, -0.2) is 44.5 Å². The van der Waals surface area contributed by atoms with Crippen LogP contribution in [0.5, 0.6) is 6.01 Å². The summed E-state index contributed by atoms with van der Waals surface area (Å²) in [4.78, 5) is 42.5. The molecule has 1 unspecified atom stereocenters. The van der Waals surface area contributed by atoms with E-state index in [0.29, 0.717) is 55.8 Å². The molecule has 3 aromatic rings. The van der Waals surface area contributed by atoms with E-state index in [1.165, 1.54) is 18.7 Å². The van der Waals surface area contributed by atoms with E-state index in [-0.39, 0.29) is 22.9 Å². The van der Waals surface area contributed by atoms with Gasteiger partial charge in [-0.1, -0.05) is 75.0 Å². The van der Waals surface area contributed by atoms with Crippen molar-refractivity contribution in [2.24, 2.45) is 11.8 Å². The molecule has 2 aromatic carbocycles. The molecule has 0 radical (unpaired) electrons. The fourth-order valence-corrected chi connectivity index (χ4v) is 5.69. The van der Waals surface area contributed by atoms with Crippen molar-refractivity contribution >= 4 is 28.8 Å². The second kappa shape index (κ2) is 15.9. The lowest BCUT2D eigenvalue weighted by atomic mass is 9.98. The highest BCUT2D eigenvalue weighted by Gasteiger charge is 2.24. The molecule has 0 aliphatic heterocycles. The Morgan fingerprint density at radius 3 is 2.30 bits per heavy atom. The SMILES string of the molecule is CCOc1nc(CC)c(CNC(=O)C(CSC(C)=O)CC(C)C)n1Cc1ccc(-c2ccccc2C(=O)OC(C)(C)C)cc1. The van der Waals surface area contributed by atoms with Gasteiger partial charge in [0, 0.05) is 18.6 Å². The number of nitrogens with zero attached hydrogens (tertiary/aromatic N) is 2. The standard InChI is InChI=1S/C35H47N3O5S/c1-9-30-31(20-36-32(40)27(19-23(3)4)22-44-24(5)39)38(34(37-30)42-10-2)21-25-15-17-26(18-16-25)28-13-11-12-14-29(28)33(41)43-35(6,7)8/h11-18,23,27H,9-10,19-22H2,1-8H3,(H,36,40). The smallest absolute Gasteiger partial charge is 0.339 e. The number of nitrogens with one attached hydrogen (secondary N) is 1. The Bertz CT molecular complexity index is 1420. The minimum Gasteiger partial charge on any atom is -0.465 e. The molecule has 44 heavy (non-hydrogen) atoms. The van der Waals surface area contributed by atoms with Crippen LogP contribution in [0.15, 0.2) is 48.5 Å². The Morgan fingerprint density at radius 2 is 1.70 bits per heavy atom. The first-order valence-corrected chi connectivity index (χ1v) is 16.3. The van der Waals surface area contributed by atoms with Gasteiger partial charge in [-0.25, -0.2) is 4.79 Å². The van der Waals surface area contributed by atoms with E-state index in [1.54, 1.807) is 6.07 Å². The van der Waals surface area contributed by atoms with Crippen molar-refractivity contribution in [2.45, 2.75) is 86.9 Å². The van der Waals surface area contributed by atoms with Crippen molar-refractivity contribution in [3.8, 4) is 17.1 Å². The number of imidazole rings is 1. The second-order valence-electron chi connectivity index (χ2n) is 12.3. The van der Waals surface area contributed by atoms with Gasteiger partial charge in [-0.2, -0.15) is 4.98 Å². The number of thioether (sulfide) groups is 1. The van der Waals surface area contributed by atoms with E-state index in [1.807, 2.05) is 81.7 Å². The molecule has 0 aliphatic rings. The molecule has 1 atom stereocenters. The molecule has 238 valence electrons. The molecule has 0 bridgehead atoms. The zero-order valence-electron chi connectivity index (χ0n) is 27.4. The summed E-state index contributed by atoms with van der Waals surface area (Å²) in [6, 6.07) is 16.0. The summed E-state index contributed by atoms with van der Waals surface area (Å²) in [5.74, 6) is 0.123. The van der Waals surface area contributed by atoms with Gasteiger partial charge >= 0.3 is 5.97 Å². The van der Waals surface area contributed by atoms with Gasteiger partial charge in [-0.15, -0.1) is 0 Å². The zero-order valence-corrected chi connectivity index (χ0v) is 28.2. The largest absolute Gasteiger partial charge is 0.465 e. The van der Waals surface area contributed by atoms with Gasteiger partial charge in [-0.3, -0.25) is 14.2 Å². The zero-order chi connectivity index (χ0) is 32.4. The van der Waals surface area contributed by atoms with Gasteiger partial charge in [0.05, 0.1) is 36.6 Å². The lowest BCUT2D eigenvalue weighted by Gasteiger charge is -2.20. The van der Waals surface area contributed by atoms with Crippen LogP contribution in [0.25, 0.3) is 11.1 Å². The average molecular weight is 622 g/mol. The molecule has 3 rings (SSSR count). The summed E-state index contributed by atoms with van der Waals surface area (Å²) in [5, 5.41) is 3.14. The van der Waals surface area contributed by atoms with Gasteiger partial charge in [0.15, 0.2) is 5.12 Å². The van der Waals surface area contributed by atoms with Gasteiger partial charge in [0.1, 0.15) is 5.60 Å². The molecule has 0 saturated heterocycles. The third kappa shape index (κ3) is 9.97. The van der Waals surface area contributed by atoms with Crippen LogP contribution >= 0.6 is 11.8 Å². The van der Waals surface area contributed by atoms with Crippen LogP contribution in [0.3, 0.4) is 0 Å². The van der Waals surface area contributed by atoms with E-state index in [9.17, 15) is 14.4 Å². The molecule has 8 nitrogen and oxygen atoms in total. The summed E-state index contributed by atoms with van der Waals surface area (Å²) < 4.78 is 13.6. The number of benzene rings is 2. The van der Waals surface area contributed by atoms with Crippen molar-refractivity contribution in [2.75, 3.05) is 12.4 Å². The lowest BCUT2D eigenvalue weighted by Crippen LogP contribution is -2.33. The number of ether oxygens (including phenoxy) is 2. The van der Waals surface area contributed by atoms with Crippen LogP contribution < -0.4 is 10.1 Å². The Hall–Kier alpha value is -3.59. The molecule has 1 amide bonds. The van der Waals surface area contributed by atoms with E-state index in [0.717, 1.165) is 28.1 Å². The third-order valence-electron chi connectivity index (χ3n) is 6.92. The minimum absolute atomic E-state index is 0.0126. The minimum atomic E-state index is -0.589. The normalized spacial score (nSPS) is 12.2. The van der Waals surface area contributed by atoms with Crippen LogP contribution in [0.4, 0.5) is 0 Å². The molecule has 0 fully saturated rings. The van der Waals surface area contributed by atoms with Crippen molar-refractivity contribution in [1.29, 1.82) is 0 Å². The van der Waals surface area contributed by atoms with Gasteiger partial charge < -0.3 is 14.8 Å². The molecule has 0 saturated carbocycles. The maximum atomic E-state index is 13.3. The Morgan fingerprint density at radius 1 is 1.02 bits per heavy atom. The maximum Gasteiger partial charge on any atom is 0.339 e. The van der Waals surface area contributed by atoms with Crippen LogP contribution in [0, 0.1) is 11.8 Å². The van der Waals surface area contributed by atoms with Crippen LogP contribution in [-0.2, 0) is 33.8 Å². The number of carbonyl (C=O) groups is 3. The first-order chi connectivity index (χ1) is 20.8. The fraction of sp³-hybridized carbons (Fsp3) is 0.486. The third-order valence-corrected chi connectivity index (χ3v) is 7.90. The van der Waals surface area contributed by atoms with Crippen molar-refractivity contribution in [3.05, 3.63) is 71.0 Å². The molecule has 0 aliphatic carbocycles. The highest BCUT2D eigenvalue weighted by atomic mass is 32.2. The maximum absolute atomic E-state index is 13.3. The number of hydrogen-bond acceptors (Lipinski definition) is 7. The average Bonchev–Trinajstić information content (AvgIpc) is 3.29. The highest BCUT2D eigenvalue weighted by molar-refractivity contribution is 8.13. The summed E-state index contributed by atoms with van der Waals surface area (Å²) >= 11 is 1.20. The summed E-state index contributed by atoms with van der Waals surface area (Å²) in [6.07, 6.45) is 1.40. The molecular weight excluding hydrogens is 574 g/mol. The number of esters is 1. The number of aryl methyl sites for hydroxylation is 1. The Kier molecular flexibility index (Phi) is 12.6. The number of rotatable bonds is 14. The highest BCUT2D eigenvalue weighted by Crippen LogP contribution is 2.28. The Balaban J connectivity index is 1.86. The predicted octanol–water partition coefficient (Wildman–Crippen LogP) is 7.07. The van der Waals surface area contributed by atoms with E-state index in [2.05, 4.69) is 19.2 Å². The predicted molar refractivity (Wildman–Crippen MR) is 177 cm³/mol. The van der Waals surface area contributed by atoms with Crippen molar-refractivity contribution in [1.82, 2.24) is 14.9 Å². The van der Waals surface area contributed by atoms with Crippen LogP contribution in [0.1, 0.15) is 89.1 Å². The van der Waals surface area contributed by atoms with Crippen molar-refractivity contribution in [3.63, 3.8) is 0 Å². The second-order valence-corrected chi connectivity index (χ2v) is 13.4. The van der Waals surface area contributed by atoms with Gasteiger partial charge in [0.2, 0.25) is 5.91 Å². The van der Waals surface area contributed by atoms with Gasteiger partial charge in [-0.05, 0) is 69.2 Å². The molecule has 9 heteroatoms. The monoisotopic (exact) mass is 621 g/mol. The quantitative estimate of drug-likeness (QED) is 0.192. The topological polar surface area (TPSA) is 99.5 Å². The van der Waals surface area contributed by atoms with Crippen molar-refractivity contribution < 1.29 is 23.9 Å². The molecule has 1 heterocycles. The Labute approximate surface area is 266 Å². The van der Waals surface area contributed by atoms with E-state index < -0.39 is 5.60 Å². The number of carbonyl (C=O) groups excluding carboxylic acids is 3. The van der Waals surface area contributed by atoms with E-state index in [4.69, 9.17) is 14.5 Å². The lowest BCUT2D eigenvalue weighted by molar-refractivity contribution is -0.125. The number of hydrogen-bond donors (Lipinski definition) is 1. The summed E-state index contributed by atoms with van der Waals surface area (Å²) in [5.41, 5.74) is 4.43. The summed E-state index contributed by atoms with van der Waals surface area (Å²) in [7, 11) is 0. The number of amides is 1. The molecule has 1 N–H and O–H groups in total. The molecule has 1 aromatic heterocycles. The fourth-order valence-electron chi connectivity index (χ4n) is 4.97.